The molecule has 33 heavy (non-hydrogen) atoms. The minimum absolute atomic E-state index is 0.303. The number of methoxy groups -OCH3 is 1. The first-order valence-corrected chi connectivity index (χ1v) is 10.7. The molecule has 0 aromatic heterocycles. The molecule has 3 amide bonds. The Hall–Kier alpha value is -3.55. The van der Waals surface area contributed by atoms with E-state index < -0.39 is 23.6 Å². The Morgan fingerprint density at radius 2 is 1.58 bits per heavy atom. The molecule has 178 valence electrons. The molecule has 0 aliphatic rings. The van der Waals surface area contributed by atoms with Gasteiger partial charge in [-0.05, 0) is 75.6 Å². The monoisotopic (exact) mass is 455 g/mol. The molecule has 8 heteroatoms. The first kappa shape index (κ1) is 25.7. The van der Waals surface area contributed by atoms with Gasteiger partial charge in [-0.3, -0.25) is 9.59 Å². The summed E-state index contributed by atoms with van der Waals surface area (Å²) in [6, 6.07) is 11.7. The Bertz CT molecular complexity index is 976. The largest absolute Gasteiger partial charge is 0.497 e. The number of hydrogen-bond acceptors (Lipinski definition) is 5. The maximum absolute atomic E-state index is 13.4. The van der Waals surface area contributed by atoms with Crippen LogP contribution in [0.1, 0.15) is 43.5 Å². The second-order valence-corrected chi connectivity index (χ2v) is 8.79. The number of likely N-dealkylation sites (N-methyl/N-ethyl adjacent to an activating group) is 1. The normalized spacial score (nSPS) is 11.8. The zero-order valence-electron chi connectivity index (χ0n) is 20.3. The molecule has 1 unspecified atom stereocenters. The van der Waals surface area contributed by atoms with Gasteiger partial charge in [0.2, 0.25) is 5.91 Å². The van der Waals surface area contributed by atoms with Crippen molar-refractivity contribution < 1.29 is 23.9 Å². The molecule has 1 atom stereocenters. The van der Waals surface area contributed by atoms with Crippen LogP contribution in [0.5, 0.6) is 5.75 Å². The standard InChI is InChI=1S/C25H33N3O5/c1-16-9-8-10-17(2)21(16)22(23(30)27-18-11-13-19(32-7)14-12-18)28(6)20(29)15-26-24(31)33-25(3,4)5/h8-14,22H,15H2,1-7H3,(H,26,31)(H,27,30). The lowest BCUT2D eigenvalue weighted by Gasteiger charge is -2.30. The lowest BCUT2D eigenvalue weighted by Crippen LogP contribution is -2.45. The van der Waals surface area contributed by atoms with Gasteiger partial charge in [-0.1, -0.05) is 18.2 Å². The molecular formula is C25H33N3O5. The summed E-state index contributed by atoms with van der Waals surface area (Å²) < 4.78 is 10.3. The predicted octanol–water partition coefficient (Wildman–Crippen LogP) is 3.97. The summed E-state index contributed by atoms with van der Waals surface area (Å²) in [6.45, 7) is 8.70. The summed E-state index contributed by atoms with van der Waals surface area (Å²) in [4.78, 5) is 39.7. The first-order valence-electron chi connectivity index (χ1n) is 10.7. The molecule has 2 N–H and O–H groups in total. The van der Waals surface area contributed by atoms with Crippen molar-refractivity contribution in [3.05, 3.63) is 59.2 Å². The van der Waals surface area contributed by atoms with E-state index in [1.807, 2.05) is 32.0 Å². The molecule has 0 saturated carbocycles. The number of carbonyl (C=O) groups excluding carboxylic acids is 3. The molecule has 0 fully saturated rings. The van der Waals surface area contributed by atoms with Crippen molar-refractivity contribution in [3.8, 4) is 5.75 Å². The second-order valence-electron chi connectivity index (χ2n) is 8.79. The van der Waals surface area contributed by atoms with Gasteiger partial charge >= 0.3 is 6.09 Å². The Kier molecular flexibility index (Phi) is 8.45. The molecular weight excluding hydrogens is 422 g/mol. The van der Waals surface area contributed by atoms with E-state index in [0.717, 1.165) is 16.7 Å². The minimum atomic E-state index is -0.902. The summed E-state index contributed by atoms with van der Waals surface area (Å²) in [7, 11) is 3.11. The van der Waals surface area contributed by atoms with Crippen LogP contribution in [0.2, 0.25) is 0 Å². The fraction of sp³-hybridized carbons (Fsp3) is 0.400. The molecule has 0 heterocycles. The van der Waals surface area contributed by atoms with Gasteiger partial charge in [0.15, 0.2) is 0 Å². The van der Waals surface area contributed by atoms with Crippen LogP contribution in [0.3, 0.4) is 0 Å². The molecule has 0 spiro atoms. The van der Waals surface area contributed by atoms with Crippen molar-refractivity contribution >= 4 is 23.6 Å². The number of benzene rings is 2. The number of hydrogen-bond donors (Lipinski definition) is 2. The second kappa shape index (κ2) is 10.8. The molecule has 0 saturated heterocycles. The van der Waals surface area contributed by atoms with E-state index in [9.17, 15) is 14.4 Å². The Labute approximate surface area is 195 Å². The smallest absolute Gasteiger partial charge is 0.408 e. The van der Waals surface area contributed by atoms with Crippen molar-refractivity contribution in [2.75, 3.05) is 26.0 Å². The van der Waals surface area contributed by atoms with Crippen LogP contribution in [-0.2, 0) is 14.3 Å². The van der Waals surface area contributed by atoms with E-state index >= 15 is 0 Å². The van der Waals surface area contributed by atoms with Gasteiger partial charge < -0.3 is 25.0 Å². The molecule has 0 radical (unpaired) electrons. The van der Waals surface area contributed by atoms with Crippen LogP contribution in [0.4, 0.5) is 10.5 Å². The fourth-order valence-electron chi connectivity index (χ4n) is 3.37. The zero-order chi connectivity index (χ0) is 24.8. The molecule has 2 aromatic rings. The molecule has 0 aliphatic carbocycles. The van der Waals surface area contributed by atoms with Gasteiger partial charge in [0, 0.05) is 12.7 Å². The number of carbonyl (C=O) groups is 3. The SMILES string of the molecule is COc1ccc(NC(=O)C(c2c(C)cccc2C)N(C)C(=O)CNC(=O)OC(C)(C)C)cc1. The van der Waals surface area contributed by atoms with Crippen molar-refractivity contribution in [1.29, 1.82) is 0 Å². The third kappa shape index (κ3) is 7.24. The van der Waals surface area contributed by atoms with Gasteiger partial charge in [0.1, 0.15) is 23.9 Å². The van der Waals surface area contributed by atoms with Crippen LogP contribution < -0.4 is 15.4 Å². The summed E-state index contributed by atoms with van der Waals surface area (Å²) in [6.07, 6.45) is -0.699. The number of ether oxygens (including phenoxy) is 2. The fourth-order valence-corrected chi connectivity index (χ4v) is 3.37. The minimum Gasteiger partial charge on any atom is -0.497 e. The average Bonchev–Trinajstić information content (AvgIpc) is 2.73. The lowest BCUT2D eigenvalue weighted by atomic mass is 9.94. The number of nitrogens with one attached hydrogen (secondary N) is 2. The molecule has 0 bridgehead atoms. The number of aryl methyl sites for hydroxylation is 2. The van der Waals surface area contributed by atoms with E-state index in [-0.39, 0.29) is 12.5 Å². The van der Waals surface area contributed by atoms with E-state index in [1.165, 1.54) is 4.90 Å². The molecule has 0 aliphatic heterocycles. The van der Waals surface area contributed by atoms with E-state index in [0.29, 0.717) is 11.4 Å². The average molecular weight is 456 g/mol. The zero-order valence-corrected chi connectivity index (χ0v) is 20.3. The number of alkyl carbamates (subject to hydrolysis) is 1. The van der Waals surface area contributed by atoms with Crippen LogP contribution in [-0.4, -0.2) is 49.1 Å². The van der Waals surface area contributed by atoms with Gasteiger partial charge in [-0.15, -0.1) is 0 Å². The number of rotatable bonds is 7. The summed E-state index contributed by atoms with van der Waals surface area (Å²) in [5.74, 6) is -0.135. The van der Waals surface area contributed by atoms with Gasteiger partial charge in [0.05, 0.1) is 7.11 Å². The lowest BCUT2D eigenvalue weighted by molar-refractivity contribution is -0.136. The number of anilines is 1. The quantitative estimate of drug-likeness (QED) is 0.658. The van der Waals surface area contributed by atoms with Crippen LogP contribution in [0.25, 0.3) is 0 Å². The van der Waals surface area contributed by atoms with E-state index in [1.54, 1.807) is 59.2 Å². The highest BCUT2D eigenvalue weighted by Crippen LogP contribution is 2.28. The van der Waals surface area contributed by atoms with Gasteiger partial charge in [-0.2, -0.15) is 0 Å². The summed E-state index contributed by atoms with van der Waals surface area (Å²) in [5.41, 5.74) is 2.38. The summed E-state index contributed by atoms with van der Waals surface area (Å²) in [5, 5.41) is 5.34. The van der Waals surface area contributed by atoms with Crippen molar-refractivity contribution in [2.24, 2.45) is 0 Å². The molecule has 8 nitrogen and oxygen atoms in total. The third-order valence-electron chi connectivity index (χ3n) is 4.98. The number of amides is 3. The topological polar surface area (TPSA) is 97.0 Å². The van der Waals surface area contributed by atoms with Crippen molar-refractivity contribution in [1.82, 2.24) is 10.2 Å². The molecule has 2 rings (SSSR count). The Morgan fingerprint density at radius 1 is 1.00 bits per heavy atom. The maximum Gasteiger partial charge on any atom is 0.408 e. The summed E-state index contributed by atoms with van der Waals surface area (Å²) >= 11 is 0. The van der Waals surface area contributed by atoms with Crippen LogP contribution in [0, 0.1) is 13.8 Å². The van der Waals surface area contributed by atoms with Crippen molar-refractivity contribution in [3.63, 3.8) is 0 Å². The van der Waals surface area contributed by atoms with Gasteiger partial charge in [-0.25, -0.2) is 4.79 Å². The Balaban J connectivity index is 2.27. The highest BCUT2D eigenvalue weighted by atomic mass is 16.6. The maximum atomic E-state index is 13.4. The van der Waals surface area contributed by atoms with Crippen LogP contribution >= 0.6 is 0 Å². The van der Waals surface area contributed by atoms with Crippen molar-refractivity contribution in [2.45, 2.75) is 46.3 Å². The number of nitrogens with zero attached hydrogens (tertiary/aromatic N) is 1. The van der Waals surface area contributed by atoms with Gasteiger partial charge in [0.25, 0.3) is 5.91 Å². The third-order valence-corrected chi connectivity index (χ3v) is 4.98. The first-order chi connectivity index (χ1) is 15.4. The van der Waals surface area contributed by atoms with E-state index in [2.05, 4.69) is 10.6 Å². The molecule has 2 aromatic carbocycles. The van der Waals surface area contributed by atoms with Crippen LogP contribution in [0.15, 0.2) is 42.5 Å². The Morgan fingerprint density at radius 3 is 2.09 bits per heavy atom. The highest BCUT2D eigenvalue weighted by Gasteiger charge is 2.31. The predicted molar refractivity (Wildman–Crippen MR) is 127 cm³/mol. The highest BCUT2D eigenvalue weighted by molar-refractivity contribution is 5.98. The van der Waals surface area contributed by atoms with E-state index in [4.69, 9.17) is 9.47 Å².